The maximum atomic E-state index is 12.1. The molecule has 0 bridgehead atoms. The van der Waals surface area contributed by atoms with Crippen molar-refractivity contribution in [3.8, 4) is 5.88 Å². The molecule has 6 nitrogen and oxygen atoms in total. The summed E-state index contributed by atoms with van der Waals surface area (Å²) in [7, 11) is 0. The van der Waals surface area contributed by atoms with E-state index in [9.17, 15) is 14.7 Å². The number of aromatic hydroxyl groups is 1. The van der Waals surface area contributed by atoms with Gasteiger partial charge in [0.2, 0.25) is 5.88 Å². The van der Waals surface area contributed by atoms with E-state index in [4.69, 9.17) is 0 Å². The molecular formula is C17H15N3O3. The van der Waals surface area contributed by atoms with Crippen LogP contribution in [-0.2, 0) is 6.54 Å². The Morgan fingerprint density at radius 1 is 1.35 bits per heavy atom. The number of rotatable bonds is 3. The maximum absolute atomic E-state index is 12.1. The molecule has 1 aromatic carbocycles. The van der Waals surface area contributed by atoms with Gasteiger partial charge in [0.1, 0.15) is 5.56 Å². The number of aromatic amines is 1. The Morgan fingerprint density at radius 2 is 2.09 bits per heavy atom. The van der Waals surface area contributed by atoms with E-state index < -0.39 is 11.2 Å². The number of aliphatic imine (C=N–C) groups is 1. The lowest BCUT2D eigenvalue weighted by atomic mass is 10.0. The largest absolute Gasteiger partial charge is 0.494 e. The molecule has 3 rings (SSSR count). The summed E-state index contributed by atoms with van der Waals surface area (Å²) in [5.74, 6) is -0.386. The average molecular weight is 309 g/mol. The van der Waals surface area contributed by atoms with Crippen LogP contribution in [-0.4, -0.2) is 20.4 Å². The molecule has 2 heterocycles. The Morgan fingerprint density at radius 3 is 2.83 bits per heavy atom. The van der Waals surface area contributed by atoms with Crippen molar-refractivity contribution in [2.24, 2.45) is 4.99 Å². The highest BCUT2D eigenvalue weighted by Gasteiger charge is 2.19. The van der Waals surface area contributed by atoms with Crippen molar-refractivity contribution in [1.82, 2.24) is 9.55 Å². The predicted octanol–water partition coefficient (Wildman–Crippen LogP) is 2.07. The minimum Gasteiger partial charge on any atom is -0.494 e. The second kappa shape index (κ2) is 5.57. The van der Waals surface area contributed by atoms with Crippen molar-refractivity contribution < 1.29 is 5.11 Å². The van der Waals surface area contributed by atoms with E-state index in [1.165, 1.54) is 6.08 Å². The molecule has 0 unspecified atom stereocenters. The molecule has 2 aromatic rings. The van der Waals surface area contributed by atoms with Gasteiger partial charge in [-0.1, -0.05) is 24.3 Å². The van der Waals surface area contributed by atoms with E-state index in [1.54, 1.807) is 6.08 Å². The molecule has 0 spiro atoms. The van der Waals surface area contributed by atoms with Gasteiger partial charge in [-0.2, -0.15) is 0 Å². The van der Waals surface area contributed by atoms with Crippen LogP contribution in [0.3, 0.4) is 0 Å². The molecule has 0 amide bonds. The number of nitrogens with one attached hydrogen (secondary N) is 1. The molecule has 1 aliphatic rings. The third kappa shape index (κ3) is 2.44. The third-order valence-corrected chi connectivity index (χ3v) is 3.68. The first-order valence-electron chi connectivity index (χ1n) is 7.06. The highest BCUT2D eigenvalue weighted by molar-refractivity contribution is 6.31. The van der Waals surface area contributed by atoms with Crippen molar-refractivity contribution >= 4 is 23.0 Å². The molecule has 1 aromatic heterocycles. The Bertz CT molecular complexity index is 977. The van der Waals surface area contributed by atoms with E-state index in [0.717, 1.165) is 27.1 Å². The van der Waals surface area contributed by atoms with Crippen LogP contribution in [0.2, 0.25) is 0 Å². The van der Waals surface area contributed by atoms with E-state index >= 15 is 0 Å². The summed E-state index contributed by atoms with van der Waals surface area (Å²) < 4.78 is 1.05. The summed E-state index contributed by atoms with van der Waals surface area (Å²) in [6.45, 7) is 5.47. The third-order valence-electron chi connectivity index (χ3n) is 3.68. The number of benzene rings is 1. The number of fused-ring (bicyclic) bond motifs is 1. The van der Waals surface area contributed by atoms with Crippen LogP contribution >= 0.6 is 0 Å². The molecule has 23 heavy (non-hydrogen) atoms. The van der Waals surface area contributed by atoms with Gasteiger partial charge < -0.3 is 5.11 Å². The van der Waals surface area contributed by atoms with Crippen molar-refractivity contribution in [3.05, 3.63) is 68.9 Å². The van der Waals surface area contributed by atoms with E-state index in [1.807, 2.05) is 31.2 Å². The van der Waals surface area contributed by atoms with Crippen molar-refractivity contribution in [1.29, 1.82) is 0 Å². The number of nitrogens with zero attached hydrogens (tertiary/aromatic N) is 2. The van der Waals surface area contributed by atoms with Gasteiger partial charge in [-0.05, 0) is 19.1 Å². The number of hydrogen-bond acceptors (Lipinski definition) is 4. The zero-order valence-corrected chi connectivity index (χ0v) is 12.5. The smallest absolute Gasteiger partial charge is 0.331 e. The molecular weight excluding hydrogens is 294 g/mol. The van der Waals surface area contributed by atoms with Gasteiger partial charge in [0.25, 0.3) is 5.56 Å². The van der Waals surface area contributed by atoms with Crippen molar-refractivity contribution in [2.75, 3.05) is 0 Å². The first-order chi connectivity index (χ1) is 11.0. The average Bonchev–Trinajstić information content (AvgIpc) is 2.83. The highest BCUT2D eigenvalue weighted by Crippen LogP contribution is 2.35. The Kier molecular flexibility index (Phi) is 3.57. The summed E-state index contributed by atoms with van der Waals surface area (Å²) in [6, 6.07) is 7.53. The molecule has 0 aliphatic carbocycles. The number of allylic oxidation sites excluding steroid dienone is 2. The monoisotopic (exact) mass is 309 g/mol. The van der Waals surface area contributed by atoms with Crippen LogP contribution in [0.15, 0.2) is 51.5 Å². The van der Waals surface area contributed by atoms with Crippen LogP contribution in [0.1, 0.15) is 18.1 Å². The van der Waals surface area contributed by atoms with E-state index in [-0.39, 0.29) is 18.0 Å². The topological polar surface area (TPSA) is 87.4 Å². The molecule has 2 N–H and O–H groups in total. The van der Waals surface area contributed by atoms with Gasteiger partial charge >= 0.3 is 5.69 Å². The lowest BCUT2D eigenvalue weighted by Crippen LogP contribution is -2.31. The van der Waals surface area contributed by atoms with E-state index in [2.05, 4.69) is 16.6 Å². The molecule has 0 atom stereocenters. The summed E-state index contributed by atoms with van der Waals surface area (Å²) >= 11 is 0. The predicted molar refractivity (Wildman–Crippen MR) is 90.3 cm³/mol. The number of aromatic nitrogens is 2. The van der Waals surface area contributed by atoms with Gasteiger partial charge in [0.05, 0.1) is 5.69 Å². The zero-order chi connectivity index (χ0) is 16.6. The van der Waals surface area contributed by atoms with Crippen LogP contribution in [0.25, 0.3) is 11.6 Å². The lowest BCUT2D eigenvalue weighted by molar-refractivity contribution is 0.409. The normalized spacial score (nSPS) is 14.7. The van der Waals surface area contributed by atoms with Gasteiger partial charge in [0.15, 0.2) is 0 Å². The van der Waals surface area contributed by atoms with Crippen LogP contribution < -0.4 is 11.2 Å². The minimum atomic E-state index is -0.674. The fourth-order valence-electron chi connectivity index (χ4n) is 2.56. The molecule has 0 fully saturated rings. The maximum Gasteiger partial charge on any atom is 0.331 e. The molecule has 0 saturated carbocycles. The van der Waals surface area contributed by atoms with Gasteiger partial charge in [-0.25, -0.2) is 4.79 Å². The lowest BCUT2D eigenvalue weighted by Gasteiger charge is -2.08. The minimum absolute atomic E-state index is 0.0210. The fraction of sp³-hybridized carbons (Fsp3) is 0.118. The summed E-state index contributed by atoms with van der Waals surface area (Å²) in [5, 5.41) is 10.3. The van der Waals surface area contributed by atoms with Gasteiger partial charge in [0, 0.05) is 23.4 Å². The number of H-pyrrole nitrogens is 1. The van der Waals surface area contributed by atoms with E-state index in [0.29, 0.717) is 0 Å². The molecule has 1 aliphatic heterocycles. The zero-order valence-electron chi connectivity index (χ0n) is 12.5. The second-order valence-corrected chi connectivity index (χ2v) is 5.17. The molecule has 0 radical (unpaired) electrons. The van der Waals surface area contributed by atoms with Crippen LogP contribution in [0.4, 0.5) is 5.69 Å². The molecule has 6 heteroatoms. The Labute approximate surface area is 131 Å². The second-order valence-electron chi connectivity index (χ2n) is 5.17. The standard InChI is InChI=1S/C17H15N3O3/c1-3-8-20-16(22)13(15(21)19-17(20)23)9-12-10(2)18-14-7-5-4-6-11(12)14/h3-7,9,22H,1,8H2,2H3,(H,19,21,23)/b12-9+. The van der Waals surface area contributed by atoms with Gasteiger partial charge in [-0.15, -0.1) is 6.58 Å². The first-order valence-corrected chi connectivity index (χ1v) is 7.06. The Balaban J connectivity index is 2.23. The molecule has 0 saturated heterocycles. The van der Waals surface area contributed by atoms with Crippen molar-refractivity contribution in [2.45, 2.75) is 13.5 Å². The highest BCUT2D eigenvalue weighted by atomic mass is 16.3. The number of hydrogen-bond donors (Lipinski definition) is 2. The summed E-state index contributed by atoms with van der Waals surface area (Å²) in [6.07, 6.45) is 3.02. The van der Waals surface area contributed by atoms with Crippen molar-refractivity contribution in [3.63, 3.8) is 0 Å². The fourth-order valence-corrected chi connectivity index (χ4v) is 2.56. The Hall–Kier alpha value is -3.15. The quantitative estimate of drug-likeness (QED) is 0.851. The van der Waals surface area contributed by atoms with Crippen LogP contribution in [0.5, 0.6) is 5.88 Å². The molecule has 116 valence electrons. The van der Waals surface area contributed by atoms with Gasteiger partial charge in [-0.3, -0.25) is 19.3 Å². The SMILES string of the molecule is C=CCn1c(O)c(/C=C2\C(C)=Nc3ccccc32)c(=O)[nH]c1=O. The first kappa shape index (κ1) is 14.8. The summed E-state index contributed by atoms with van der Waals surface area (Å²) in [4.78, 5) is 30.5. The number of para-hydroxylation sites is 1. The van der Waals surface area contributed by atoms with Crippen LogP contribution in [0, 0.1) is 0 Å². The summed E-state index contributed by atoms with van der Waals surface area (Å²) in [5.41, 5.74) is 1.88.